The average Bonchev–Trinajstić information content (AvgIpc) is 3.01. The van der Waals surface area contributed by atoms with Gasteiger partial charge in [0.1, 0.15) is 18.2 Å². The van der Waals surface area contributed by atoms with Gasteiger partial charge in [-0.2, -0.15) is 13.2 Å². The molecule has 5 rings (SSSR count). The molecule has 0 unspecified atom stereocenters. The zero-order chi connectivity index (χ0) is 32.4. The summed E-state index contributed by atoms with van der Waals surface area (Å²) in [5.74, 6) is 0.961. The molecule has 15 heteroatoms. The molecule has 11 nitrogen and oxygen atoms in total. The van der Waals surface area contributed by atoms with Gasteiger partial charge in [-0.3, -0.25) is 9.69 Å². The Morgan fingerprint density at radius 3 is 2.31 bits per heavy atom. The molecule has 3 N–H and O–H groups in total. The van der Waals surface area contributed by atoms with Gasteiger partial charge in [-0.25, -0.2) is 19.2 Å². The number of anilines is 2. The first-order chi connectivity index (χ1) is 21.5. The van der Waals surface area contributed by atoms with Crippen LogP contribution in [0.5, 0.6) is 5.75 Å². The van der Waals surface area contributed by atoms with Crippen LogP contribution in [-0.4, -0.2) is 103 Å². The Kier molecular flexibility index (Phi) is 11.5. The fourth-order valence-corrected chi connectivity index (χ4v) is 4.72. The molecular weight excluding hydrogens is 596 g/mol. The highest BCUT2D eigenvalue weighted by Crippen LogP contribution is 2.29. The fraction of sp³-hybridized carbons (Fsp3) is 0.400. The highest BCUT2D eigenvalue weighted by atomic mass is 19.4. The van der Waals surface area contributed by atoms with E-state index in [2.05, 4.69) is 37.0 Å². The largest absolute Gasteiger partial charge is 0.485 e. The van der Waals surface area contributed by atoms with Gasteiger partial charge in [0.05, 0.1) is 12.1 Å². The molecule has 2 aliphatic rings. The summed E-state index contributed by atoms with van der Waals surface area (Å²) in [5.41, 5.74) is 5.31. The van der Waals surface area contributed by atoms with Crippen LogP contribution in [0.25, 0.3) is 0 Å². The van der Waals surface area contributed by atoms with E-state index in [-0.39, 0.29) is 5.91 Å². The number of urea groups is 1. The van der Waals surface area contributed by atoms with Crippen molar-refractivity contribution < 1.29 is 31.9 Å². The molecule has 0 atom stereocenters. The number of alkyl halides is 3. The molecule has 242 valence electrons. The molecule has 1 aromatic carbocycles. The molecule has 0 bridgehead atoms. The van der Waals surface area contributed by atoms with E-state index in [0.29, 0.717) is 57.0 Å². The molecule has 2 aromatic heterocycles. The number of ether oxygens (including phenoxy) is 1. The first-order valence-corrected chi connectivity index (χ1v) is 14.3. The number of carbonyl (C=O) groups is 2. The van der Waals surface area contributed by atoms with Crippen LogP contribution in [-0.2, 0) is 17.6 Å². The lowest BCUT2D eigenvalue weighted by Crippen LogP contribution is -2.50. The lowest BCUT2D eigenvalue weighted by molar-refractivity contribution is -0.137. The van der Waals surface area contributed by atoms with Crippen LogP contribution in [0.1, 0.15) is 11.1 Å². The van der Waals surface area contributed by atoms with Crippen LogP contribution in [0.4, 0.5) is 34.0 Å². The van der Waals surface area contributed by atoms with E-state index in [9.17, 15) is 27.2 Å². The number of piperazine rings is 2. The Bertz CT molecular complexity index is 1430. The summed E-state index contributed by atoms with van der Waals surface area (Å²) < 4.78 is 53.7. The third-order valence-corrected chi connectivity index (χ3v) is 7.24. The van der Waals surface area contributed by atoms with Crippen molar-refractivity contribution in [2.45, 2.75) is 12.8 Å². The molecule has 0 radical (unpaired) electrons. The van der Waals surface area contributed by atoms with Crippen LogP contribution in [0, 0.1) is 5.82 Å². The number of hydrogen-bond acceptors (Lipinski definition) is 8. The highest BCUT2D eigenvalue weighted by molar-refractivity contribution is 5.91. The molecule has 3 amide bonds. The number of likely N-dealkylation sites (N-methyl/N-ethyl adjacent to an activating group) is 1. The van der Waals surface area contributed by atoms with E-state index in [1.54, 1.807) is 17.3 Å². The minimum Gasteiger partial charge on any atom is -0.485 e. The number of pyridine rings is 2. The van der Waals surface area contributed by atoms with Crippen molar-refractivity contribution in [1.82, 2.24) is 24.7 Å². The maximum Gasteiger partial charge on any atom is 0.416 e. The Morgan fingerprint density at radius 1 is 0.933 bits per heavy atom. The fourth-order valence-electron chi connectivity index (χ4n) is 4.72. The number of rotatable bonds is 7. The second-order valence-corrected chi connectivity index (χ2v) is 10.6. The second kappa shape index (κ2) is 15.5. The first-order valence-electron chi connectivity index (χ1n) is 14.3. The van der Waals surface area contributed by atoms with E-state index in [0.717, 1.165) is 55.8 Å². The molecule has 3 aromatic rings. The van der Waals surface area contributed by atoms with Gasteiger partial charge in [0.25, 0.3) is 0 Å². The number of amides is 3. The van der Waals surface area contributed by atoms with Gasteiger partial charge in [-0.1, -0.05) is 6.07 Å². The van der Waals surface area contributed by atoms with Crippen molar-refractivity contribution in [3.8, 4) is 5.75 Å². The standard InChI is InChI=1S/C23H32N8O3.C7H4F4/c1-28-7-9-29(10-8-28)16-21(32)27-20-15-18(4-6-25-20)17-34-19-3-2-5-26-22(19)30-11-13-31(14-12-30)23(24)33;8-6-3-1-2-5(4-6)7(9,10)11/h2-6,15H,7-14,16-17H2,1H3,(H2,24,33)(H,25,27,32);1-4H. The highest BCUT2D eigenvalue weighted by Gasteiger charge is 2.30. The smallest absolute Gasteiger partial charge is 0.416 e. The average molecular weight is 633 g/mol. The van der Waals surface area contributed by atoms with Crippen LogP contribution in [0.15, 0.2) is 60.9 Å². The molecule has 0 aliphatic carbocycles. The Morgan fingerprint density at radius 2 is 1.67 bits per heavy atom. The summed E-state index contributed by atoms with van der Waals surface area (Å²) in [6.45, 7) is 6.74. The zero-order valence-corrected chi connectivity index (χ0v) is 24.8. The minimum atomic E-state index is -4.46. The van der Waals surface area contributed by atoms with E-state index in [1.807, 2.05) is 24.3 Å². The summed E-state index contributed by atoms with van der Waals surface area (Å²) in [4.78, 5) is 40.7. The Labute approximate surface area is 258 Å². The van der Waals surface area contributed by atoms with Gasteiger partial charge >= 0.3 is 12.2 Å². The normalized spacial score (nSPS) is 16.0. The maximum absolute atomic E-state index is 12.5. The molecule has 2 aliphatic heterocycles. The van der Waals surface area contributed by atoms with Crippen LogP contribution < -0.4 is 20.7 Å². The van der Waals surface area contributed by atoms with Crippen LogP contribution in [0.3, 0.4) is 0 Å². The number of halogens is 4. The Balaban J connectivity index is 0.000000354. The lowest BCUT2D eigenvalue weighted by atomic mass is 10.2. The number of aromatic nitrogens is 2. The van der Waals surface area contributed by atoms with Crippen molar-refractivity contribution in [1.29, 1.82) is 0 Å². The number of hydrogen-bond donors (Lipinski definition) is 2. The topological polar surface area (TPSA) is 120 Å². The molecule has 45 heavy (non-hydrogen) atoms. The third-order valence-electron chi connectivity index (χ3n) is 7.24. The van der Waals surface area contributed by atoms with Crippen molar-refractivity contribution in [3.05, 3.63) is 77.9 Å². The van der Waals surface area contributed by atoms with Gasteiger partial charge in [0, 0.05) is 64.8 Å². The van der Waals surface area contributed by atoms with E-state index in [4.69, 9.17) is 10.5 Å². The van der Waals surface area contributed by atoms with Crippen molar-refractivity contribution >= 4 is 23.6 Å². The summed E-state index contributed by atoms with van der Waals surface area (Å²) >= 11 is 0. The molecule has 4 heterocycles. The van der Waals surface area contributed by atoms with Crippen LogP contribution in [0.2, 0.25) is 0 Å². The van der Waals surface area contributed by atoms with Gasteiger partial charge < -0.3 is 30.5 Å². The molecule has 0 saturated carbocycles. The number of carbonyl (C=O) groups excluding carboxylic acids is 2. The summed E-state index contributed by atoms with van der Waals surface area (Å²) in [6.07, 6.45) is -1.07. The quantitative estimate of drug-likeness (QED) is 0.381. The zero-order valence-electron chi connectivity index (χ0n) is 24.8. The minimum absolute atomic E-state index is 0.0697. The number of benzene rings is 1. The first kappa shape index (κ1) is 33.4. The summed E-state index contributed by atoms with van der Waals surface area (Å²) in [6, 6.07) is 10.3. The molecule has 2 saturated heterocycles. The van der Waals surface area contributed by atoms with Crippen molar-refractivity contribution in [2.24, 2.45) is 5.73 Å². The third kappa shape index (κ3) is 10.3. The van der Waals surface area contributed by atoms with Gasteiger partial charge in [0.2, 0.25) is 5.91 Å². The van der Waals surface area contributed by atoms with Crippen molar-refractivity contribution in [2.75, 3.05) is 76.2 Å². The van der Waals surface area contributed by atoms with Crippen molar-refractivity contribution in [3.63, 3.8) is 0 Å². The Hall–Kier alpha value is -4.50. The molecule has 2 fully saturated rings. The second-order valence-electron chi connectivity index (χ2n) is 10.6. The van der Waals surface area contributed by atoms with E-state index in [1.165, 1.54) is 0 Å². The number of nitrogens with zero attached hydrogens (tertiary/aromatic N) is 6. The summed E-state index contributed by atoms with van der Waals surface area (Å²) in [7, 11) is 2.09. The predicted molar refractivity (Wildman–Crippen MR) is 160 cm³/mol. The number of nitrogens with one attached hydrogen (secondary N) is 1. The molecular formula is C30H36F4N8O3. The monoisotopic (exact) mass is 632 g/mol. The predicted octanol–water partition coefficient (Wildman–Crippen LogP) is 3.29. The number of primary amides is 1. The lowest BCUT2D eigenvalue weighted by Gasteiger charge is -2.35. The maximum atomic E-state index is 12.5. The molecule has 0 spiro atoms. The van der Waals surface area contributed by atoms with Crippen LogP contribution >= 0.6 is 0 Å². The van der Waals surface area contributed by atoms with E-state index >= 15 is 0 Å². The van der Waals surface area contributed by atoms with Gasteiger partial charge in [-0.15, -0.1) is 0 Å². The summed E-state index contributed by atoms with van der Waals surface area (Å²) in [5, 5.41) is 2.89. The van der Waals surface area contributed by atoms with Gasteiger partial charge in [0.15, 0.2) is 11.6 Å². The van der Waals surface area contributed by atoms with E-state index < -0.39 is 23.6 Å². The SMILES string of the molecule is CN1CCN(CC(=O)Nc2cc(COc3cccnc3N3CCN(C(N)=O)CC3)ccn2)CC1.Fc1cccc(C(F)(F)F)c1. The van der Waals surface area contributed by atoms with Gasteiger partial charge in [-0.05, 0) is 55.1 Å². The number of nitrogens with two attached hydrogens (primary N) is 1.